The summed E-state index contributed by atoms with van der Waals surface area (Å²) in [6, 6.07) is 34.1. The smallest absolute Gasteiger partial charge is 0.112 e. The van der Waals surface area contributed by atoms with Gasteiger partial charge in [0.05, 0.1) is 6.16 Å². The molecule has 3 aromatic rings. The molecule has 0 aliphatic heterocycles. The van der Waals surface area contributed by atoms with Crippen LogP contribution in [0.5, 0.6) is 0 Å². The third-order valence-corrected chi connectivity index (χ3v) is 10.0. The van der Waals surface area contributed by atoms with Crippen LogP contribution >= 0.6 is 7.26 Å². The van der Waals surface area contributed by atoms with E-state index in [2.05, 4.69) is 117 Å². The first-order chi connectivity index (χ1) is 13.1. The van der Waals surface area contributed by atoms with Crippen molar-refractivity contribution in [1.29, 1.82) is 0 Å². The first-order valence-electron chi connectivity index (χ1n) is 9.90. The Hall–Kier alpha value is -1.95. The Morgan fingerprint density at radius 1 is 0.667 bits per heavy atom. The van der Waals surface area contributed by atoms with Crippen molar-refractivity contribution in [2.75, 3.05) is 19.8 Å². The van der Waals surface area contributed by atoms with E-state index in [4.69, 9.17) is 0 Å². The van der Waals surface area contributed by atoms with Gasteiger partial charge < -0.3 is 4.90 Å². The van der Waals surface area contributed by atoms with Crippen molar-refractivity contribution < 1.29 is 0 Å². The van der Waals surface area contributed by atoms with Gasteiger partial charge in [-0.1, -0.05) is 54.6 Å². The molecule has 3 rings (SSSR count). The van der Waals surface area contributed by atoms with Crippen LogP contribution in [-0.2, 0) is 0 Å². The lowest BCUT2D eigenvalue weighted by atomic mass is 10.3. The molecule has 0 saturated heterocycles. The van der Waals surface area contributed by atoms with Gasteiger partial charge in [0.2, 0.25) is 0 Å². The van der Waals surface area contributed by atoms with Crippen LogP contribution in [0.2, 0.25) is 0 Å². The van der Waals surface area contributed by atoms with Crippen LogP contribution in [0, 0.1) is 0 Å². The molecule has 0 N–H and O–H groups in total. The Morgan fingerprint density at radius 3 is 1.37 bits per heavy atom. The summed E-state index contributed by atoms with van der Waals surface area (Å²) in [4.78, 5) is 2.45. The van der Waals surface area contributed by atoms with Crippen molar-refractivity contribution in [3.05, 3.63) is 91.0 Å². The van der Waals surface area contributed by atoms with Gasteiger partial charge in [0, 0.05) is 12.6 Å². The largest absolute Gasteiger partial charge is 0.304 e. The number of rotatable bonds is 8. The molecule has 140 valence electrons. The van der Waals surface area contributed by atoms with E-state index in [1.807, 2.05) is 0 Å². The molecule has 0 heterocycles. The van der Waals surface area contributed by atoms with Crippen LogP contribution in [0.3, 0.4) is 0 Å². The normalized spacial score (nSPS) is 11.9. The standard InChI is InChI=1S/C25H31NP/c1-22(2)26(3)20-13-21-27(23-14-7-4-8-15-23,24-16-9-5-10-17-24)25-18-11-6-12-19-25/h4-12,14-19,22H,13,20-21H2,1-3H3/q+1. The average molecular weight is 377 g/mol. The Kier molecular flexibility index (Phi) is 6.83. The quantitative estimate of drug-likeness (QED) is 0.515. The van der Waals surface area contributed by atoms with Gasteiger partial charge in [-0.2, -0.15) is 0 Å². The second-order valence-corrected chi connectivity index (χ2v) is 11.1. The highest BCUT2D eigenvalue weighted by Gasteiger charge is 2.44. The Morgan fingerprint density at radius 2 is 1.04 bits per heavy atom. The third-order valence-electron chi connectivity index (χ3n) is 5.48. The van der Waals surface area contributed by atoms with Crippen LogP contribution in [0.15, 0.2) is 91.0 Å². The van der Waals surface area contributed by atoms with E-state index >= 15 is 0 Å². The maximum absolute atomic E-state index is 2.45. The topological polar surface area (TPSA) is 3.24 Å². The van der Waals surface area contributed by atoms with E-state index in [0.717, 1.165) is 6.54 Å². The van der Waals surface area contributed by atoms with E-state index < -0.39 is 7.26 Å². The molecule has 0 radical (unpaired) electrons. The summed E-state index contributed by atoms with van der Waals surface area (Å²) >= 11 is 0. The maximum Gasteiger partial charge on any atom is 0.112 e. The van der Waals surface area contributed by atoms with E-state index in [9.17, 15) is 0 Å². The second kappa shape index (κ2) is 9.31. The van der Waals surface area contributed by atoms with Crippen molar-refractivity contribution in [3.8, 4) is 0 Å². The number of nitrogens with zero attached hydrogens (tertiary/aromatic N) is 1. The molecule has 0 bridgehead atoms. The SMILES string of the molecule is CC(C)N(C)CCC[P+](c1ccccc1)(c1ccccc1)c1ccccc1. The molecular weight excluding hydrogens is 345 g/mol. The molecular formula is C25H31NP+. The van der Waals surface area contributed by atoms with Crippen molar-refractivity contribution in [2.45, 2.75) is 26.3 Å². The fourth-order valence-electron chi connectivity index (χ4n) is 3.70. The molecule has 0 saturated carbocycles. The van der Waals surface area contributed by atoms with Crippen LogP contribution in [-0.4, -0.2) is 30.7 Å². The lowest BCUT2D eigenvalue weighted by molar-refractivity contribution is 0.275. The highest BCUT2D eigenvalue weighted by molar-refractivity contribution is 7.95. The van der Waals surface area contributed by atoms with E-state index in [0.29, 0.717) is 6.04 Å². The monoisotopic (exact) mass is 376 g/mol. The summed E-state index contributed by atoms with van der Waals surface area (Å²) in [5.74, 6) is 0. The molecule has 0 atom stereocenters. The molecule has 0 aliphatic rings. The van der Waals surface area contributed by atoms with E-state index in [1.165, 1.54) is 28.5 Å². The van der Waals surface area contributed by atoms with Gasteiger partial charge in [-0.05, 0) is 63.7 Å². The molecule has 2 heteroatoms. The number of benzene rings is 3. The first-order valence-corrected chi connectivity index (χ1v) is 11.9. The average Bonchev–Trinajstić information content (AvgIpc) is 2.73. The number of hydrogen-bond acceptors (Lipinski definition) is 1. The highest BCUT2D eigenvalue weighted by atomic mass is 31.2. The predicted octanol–water partition coefficient (Wildman–Crippen LogP) is 4.71. The summed E-state index contributed by atoms with van der Waals surface area (Å²) in [5, 5.41) is 4.44. The molecule has 0 spiro atoms. The van der Waals surface area contributed by atoms with Gasteiger partial charge in [0.25, 0.3) is 0 Å². The van der Waals surface area contributed by atoms with Gasteiger partial charge in [-0.25, -0.2) is 0 Å². The molecule has 0 aliphatic carbocycles. The predicted molar refractivity (Wildman–Crippen MR) is 122 cm³/mol. The first kappa shape index (κ1) is 19.8. The summed E-state index contributed by atoms with van der Waals surface area (Å²) in [5.41, 5.74) is 0. The maximum atomic E-state index is 2.45. The van der Waals surface area contributed by atoms with Crippen molar-refractivity contribution >= 4 is 23.2 Å². The summed E-state index contributed by atoms with van der Waals surface area (Å²) in [7, 11) is 0.568. The minimum Gasteiger partial charge on any atom is -0.304 e. The summed E-state index contributed by atoms with van der Waals surface area (Å²) < 4.78 is 0. The lowest BCUT2D eigenvalue weighted by Crippen LogP contribution is -2.35. The van der Waals surface area contributed by atoms with Crippen molar-refractivity contribution in [3.63, 3.8) is 0 Å². The Balaban J connectivity index is 2.08. The van der Waals surface area contributed by atoms with E-state index in [-0.39, 0.29) is 0 Å². The summed E-state index contributed by atoms with van der Waals surface area (Å²) in [6.45, 7) is 5.67. The second-order valence-electron chi connectivity index (χ2n) is 7.47. The molecule has 0 amide bonds. The molecule has 0 aromatic heterocycles. The molecule has 27 heavy (non-hydrogen) atoms. The zero-order valence-corrected chi connectivity index (χ0v) is 17.6. The Bertz CT molecular complexity index is 703. The third kappa shape index (κ3) is 4.49. The van der Waals surface area contributed by atoms with Gasteiger partial charge >= 0.3 is 0 Å². The molecule has 1 nitrogen and oxygen atoms in total. The van der Waals surface area contributed by atoms with Gasteiger partial charge in [0.15, 0.2) is 0 Å². The van der Waals surface area contributed by atoms with Crippen molar-refractivity contribution in [2.24, 2.45) is 0 Å². The van der Waals surface area contributed by atoms with Crippen LogP contribution in [0.4, 0.5) is 0 Å². The van der Waals surface area contributed by atoms with Crippen LogP contribution in [0.25, 0.3) is 0 Å². The Labute approximate surface area is 165 Å². The minimum atomic E-state index is -1.67. The van der Waals surface area contributed by atoms with Crippen molar-refractivity contribution in [1.82, 2.24) is 4.90 Å². The fraction of sp³-hybridized carbons (Fsp3) is 0.280. The zero-order chi connectivity index (χ0) is 19.1. The summed E-state index contributed by atoms with van der Waals surface area (Å²) in [6.07, 6.45) is 2.39. The minimum absolute atomic E-state index is 0.586. The lowest BCUT2D eigenvalue weighted by Gasteiger charge is -2.29. The van der Waals surface area contributed by atoms with Gasteiger partial charge in [0.1, 0.15) is 23.2 Å². The zero-order valence-electron chi connectivity index (χ0n) is 16.8. The van der Waals surface area contributed by atoms with Crippen LogP contribution in [0.1, 0.15) is 20.3 Å². The molecule has 0 unspecified atom stereocenters. The van der Waals surface area contributed by atoms with Crippen LogP contribution < -0.4 is 15.9 Å². The number of hydrogen-bond donors (Lipinski definition) is 0. The van der Waals surface area contributed by atoms with Gasteiger partial charge in [-0.15, -0.1) is 0 Å². The fourth-order valence-corrected chi connectivity index (χ4v) is 8.03. The molecule has 3 aromatic carbocycles. The van der Waals surface area contributed by atoms with E-state index in [1.54, 1.807) is 0 Å². The molecule has 0 fully saturated rings. The van der Waals surface area contributed by atoms with Gasteiger partial charge in [-0.3, -0.25) is 0 Å². The highest BCUT2D eigenvalue weighted by Crippen LogP contribution is 2.55.